The van der Waals surface area contributed by atoms with Gasteiger partial charge in [0.1, 0.15) is 13.2 Å². The van der Waals surface area contributed by atoms with Crippen LogP contribution < -0.4 is 14.8 Å². The Morgan fingerprint density at radius 1 is 1.24 bits per heavy atom. The zero-order valence-electron chi connectivity index (χ0n) is 13.1. The normalized spacial score (nSPS) is 23.8. The molecule has 1 aromatic rings. The van der Waals surface area contributed by atoms with Gasteiger partial charge < -0.3 is 14.8 Å². The Kier molecular flexibility index (Phi) is 4.66. The molecule has 2 unspecified atom stereocenters. The van der Waals surface area contributed by atoms with Crippen LogP contribution in [-0.2, 0) is 0 Å². The molecule has 4 heteroatoms. The maximum absolute atomic E-state index is 5.70. The van der Waals surface area contributed by atoms with Crippen LogP contribution in [0, 0.1) is 0 Å². The summed E-state index contributed by atoms with van der Waals surface area (Å²) in [4.78, 5) is 2.60. The molecule has 3 rings (SSSR count). The van der Waals surface area contributed by atoms with Gasteiger partial charge in [0, 0.05) is 18.6 Å². The monoisotopic (exact) mass is 290 g/mol. The second-order valence-electron chi connectivity index (χ2n) is 6.08. The first-order valence-electron chi connectivity index (χ1n) is 8.09. The van der Waals surface area contributed by atoms with E-state index in [1.807, 2.05) is 13.1 Å². The van der Waals surface area contributed by atoms with Gasteiger partial charge in [0.05, 0.1) is 0 Å². The second kappa shape index (κ2) is 6.67. The molecule has 0 spiro atoms. The van der Waals surface area contributed by atoms with Crippen molar-refractivity contribution in [3.8, 4) is 11.5 Å². The minimum Gasteiger partial charge on any atom is -0.486 e. The van der Waals surface area contributed by atoms with E-state index in [4.69, 9.17) is 9.47 Å². The van der Waals surface area contributed by atoms with Crippen LogP contribution in [0.4, 0.5) is 0 Å². The molecule has 0 aromatic heterocycles. The summed E-state index contributed by atoms with van der Waals surface area (Å²) in [6, 6.07) is 7.34. The van der Waals surface area contributed by atoms with Crippen molar-refractivity contribution in [3.63, 3.8) is 0 Å². The molecule has 2 heterocycles. The van der Waals surface area contributed by atoms with Crippen LogP contribution in [0.3, 0.4) is 0 Å². The predicted molar refractivity (Wildman–Crippen MR) is 84.1 cm³/mol. The van der Waals surface area contributed by atoms with Crippen molar-refractivity contribution in [2.24, 2.45) is 0 Å². The number of likely N-dealkylation sites (tertiary alicyclic amines) is 1. The van der Waals surface area contributed by atoms with E-state index < -0.39 is 0 Å². The lowest BCUT2D eigenvalue weighted by molar-refractivity contribution is 0.145. The maximum Gasteiger partial charge on any atom is 0.161 e. The van der Waals surface area contributed by atoms with Crippen LogP contribution in [0.5, 0.6) is 11.5 Å². The highest BCUT2D eigenvalue weighted by Gasteiger charge is 2.23. The lowest BCUT2D eigenvalue weighted by atomic mass is 10.00. The van der Waals surface area contributed by atoms with Crippen molar-refractivity contribution >= 4 is 0 Å². The highest BCUT2D eigenvalue weighted by atomic mass is 16.6. The quantitative estimate of drug-likeness (QED) is 0.924. The molecule has 2 aliphatic heterocycles. The molecule has 0 aliphatic carbocycles. The number of ether oxygens (including phenoxy) is 2. The Morgan fingerprint density at radius 3 is 2.81 bits per heavy atom. The molecule has 0 bridgehead atoms. The number of fused-ring (bicyclic) bond motifs is 1. The Bertz CT molecular complexity index is 478. The summed E-state index contributed by atoms with van der Waals surface area (Å²) in [5.74, 6) is 1.75. The highest BCUT2D eigenvalue weighted by Crippen LogP contribution is 2.33. The Labute approximate surface area is 127 Å². The summed E-state index contributed by atoms with van der Waals surface area (Å²) >= 11 is 0. The third-order valence-electron chi connectivity index (χ3n) is 4.67. The van der Waals surface area contributed by atoms with E-state index in [-0.39, 0.29) is 0 Å². The van der Waals surface area contributed by atoms with E-state index in [0.717, 1.165) is 18.0 Å². The van der Waals surface area contributed by atoms with Gasteiger partial charge in [-0.3, -0.25) is 4.90 Å². The number of nitrogens with one attached hydrogen (secondary N) is 1. The van der Waals surface area contributed by atoms with E-state index in [1.165, 1.54) is 31.4 Å². The van der Waals surface area contributed by atoms with Gasteiger partial charge in [0.2, 0.25) is 0 Å². The molecule has 0 amide bonds. The number of hydrogen-bond acceptors (Lipinski definition) is 4. The molecule has 1 fully saturated rings. The van der Waals surface area contributed by atoms with E-state index in [9.17, 15) is 0 Å². The van der Waals surface area contributed by atoms with Gasteiger partial charge in [-0.15, -0.1) is 0 Å². The van der Waals surface area contributed by atoms with Crippen molar-refractivity contribution in [3.05, 3.63) is 23.8 Å². The summed E-state index contributed by atoms with van der Waals surface area (Å²) in [5.41, 5.74) is 1.28. The van der Waals surface area contributed by atoms with Crippen LogP contribution >= 0.6 is 0 Å². The van der Waals surface area contributed by atoms with Crippen molar-refractivity contribution in [2.45, 2.75) is 38.3 Å². The fourth-order valence-electron chi connectivity index (χ4n) is 3.30. The summed E-state index contributed by atoms with van der Waals surface area (Å²) in [5, 5.41) is 3.45. The molecule has 1 aromatic carbocycles. The molecule has 0 saturated carbocycles. The van der Waals surface area contributed by atoms with Gasteiger partial charge in [-0.25, -0.2) is 0 Å². The summed E-state index contributed by atoms with van der Waals surface area (Å²) in [7, 11) is 2.04. The van der Waals surface area contributed by atoms with Crippen LogP contribution in [0.25, 0.3) is 0 Å². The second-order valence-corrected chi connectivity index (χ2v) is 6.08. The SMILES string of the molecule is CNC(CN1CCCCC1C)c1ccc2c(c1)OCCO2. The van der Waals surface area contributed by atoms with Crippen LogP contribution in [0.1, 0.15) is 37.8 Å². The first-order valence-corrected chi connectivity index (χ1v) is 8.09. The van der Waals surface area contributed by atoms with E-state index in [2.05, 4.69) is 29.3 Å². The molecule has 4 nitrogen and oxygen atoms in total. The minimum absolute atomic E-state index is 0.335. The fraction of sp³-hybridized carbons (Fsp3) is 0.647. The summed E-state index contributed by atoms with van der Waals surface area (Å²) < 4.78 is 11.3. The number of rotatable bonds is 4. The lowest BCUT2D eigenvalue weighted by Gasteiger charge is -2.36. The molecule has 21 heavy (non-hydrogen) atoms. The number of benzene rings is 1. The largest absolute Gasteiger partial charge is 0.486 e. The van der Waals surface area contributed by atoms with Crippen molar-refractivity contribution in [2.75, 3.05) is 33.4 Å². The molecule has 2 aliphatic rings. The van der Waals surface area contributed by atoms with Gasteiger partial charge >= 0.3 is 0 Å². The van der Waals surface area contributed by atoms with Gasteiger partial charge in [-0.05, 0) is 51.1 Å². The van der Waals surface area contributed by atoms with Gasteiger partial charge in [-0.1, -0.05) is 12.5 Å². The van der Waals surface area contributed by atoms with E-state index in [1.54, 1.807) is 0 Å². The topological polar surface area (TPSA) is 33.7 Å². The molecular formula is C17H26N2O2. The van der Waals surface area contributed by atoms with E-state index >= 15 is 0 Å². The van der Waals surface area contributed by atoms with Crippen molar-refractivity contribution in [1.82, 2.24) is 10.2 Å². The van der Waals surface area contributed by atoms with Crippen LogP contribution in [-0.4, -0.2) is 44.3 Å². The molecule has 116 valence electrons. The van der Waals surface area contributed by atoms with E-state index in [0.29, 0.717) is 25.3 Å². The smallest absolute Gasteiger partial charge is 0.161 e. The molecule has 1 saturated heterocycles. The molecule has 1 N–H and O–H groups in total. The molecular weight excluding hydrogens is 264 g/mol. The number of hydrogen-bond donors (Lipinski definition) is 1. The Morgan fingerprint density at radius 2 is 2.05 bits per heavy atom. The van der Waals surface area contributed by atoms with Crippen molar-refractivity contribution < 1.29 is 9.47 Å². The minimum atomic E-state index is 0.335. The lowest BCUT2D eigenvalue weighted by Crippen LogP contribution is -2.42. The standard InChI is InChI=1S/C17H26N2O2/c1-13-5-3-4-8-19(13)12-15(18-2)14-6-7-16-17(11-14)21-10-9-20-16/h6-7,11,13,15,18H,3-5,8-10,12H2,1-2H3. The third kappa shape index (κ3) is 3.33. The van der Waals surface area contributed by atoms with Crippen molar-refractivity contribution in [1.29, 1.82) is 0 Å². The van der Waals surface area contributed by atoms with Gasteiger partial charge in [0.25, 0.3) is 0 Å². The fourth-order valence-corrected chi connectivity index (χ4v) is 3.30. The third-order valence-corrected chi connectivity index (χ3v) is 4.67. The zero-order valence-corrected chi connectivity index (χ0v) is 13.1. The number of nitrogens with zero attached hydrogens (tertiary/aromatic N) is 1. The summed E-state index contributed by atoms with van der Waals surface area (Å²) in [6.07, 6.45) is 4.01. The highest BCUT2D eigenvalue weighted by molar-refractivity contribution is 5.44. The number of likely N-dealkylation sites (N-methyl/N-ethyl adjacent to an activating group) is 1. The first-order chi connectivity index (χ1) is 10.3. The summed E-state index contributed by atoms with van der Waals surface area (Å²) in [6.45, 7) is 5.90. The van der Waals surface area contributed by atoms with Crippen LogP contribution in [0.15, 0.2) is 18.2 Å². The Balaban J connectivity index is 1.73. The molecule has 2 atom stereocenters. The average Bonchev–Trinajstić information content (AvgIpc) is 2.54. The molecule has 0 radical (unpaired) electrons. The average molecular weight is 290 g/mol. The number of piperidine rings is 1. The maximum atomic E-state index is 5.70. The van der Waals surface area contributed by atoms with Gasteiger partial charge in [0.15, 0.2) is 11.5 Å². The van der Waals surface area contributed by atoms with Crippen LogP contribution in [0.2, 0.25) is 0 Å². The van der Waals surface area contributed by atoms with Gasteiger partial charge in [-0.2, -0.15) is 0 Å². The zero-order chi connectivity index (χ0) is 14.7. The first kappa shape index (κ1) is 14.7. The Hall–Kier alpha value is -1.26. The predicted octanol–water partition coefficient (Wildman–Crippen LogP) is 2.59.